The summed E-state index contributed by atoms with van der Waals surface area (Å²) in [6.07, 6.45) is 5.39. The van der Waals surface area contributed by atoms with Crippen molar-refractivity contribution in [1.29, 1.82) is 0 Å². The number of ether oxygens (including phenoxy) is 4. The molecule has 8 rings (SSSR count). The Balaban J connectivity index is 0.00000549. The third kappa shape index (κ3) is 10.6. The molecule has 57 heavy (non-hydrogen) atoms. The molecule has 304 valence electrons. The van der Waals surface area contributed by atoms with Crippen LogP contribution in [0.2, 0.25) is 10.0 Å². The number of sulfonamides is 1. The fraction of sp³-hybridized carbons (Fsp3) is 0.375. The second-order valence-electron chi connectivity index (χ2n) is 14.2. The number of hydrogen-bond donors (Lipinski definition) is 1. The van der Waals surface area contributed by atoms with Crippen LogP contribution in [-0.4, -0.2) is 69.7 Å². The highest BCUT2D eigenvalue weighted by Crippen LogP contribution is 2.38. The number of piperidine rings is 3. The van der Waals surface area contributed by atoms with Gasteiger partial charge >= 0.3 is 18.6 Å². The molecule has 3 N–H and O–H groups in total. The molecule has 0 radical (unpaired) electrons. The van der Waals surface area contributed by atoms with E-state index < -0.39 is 40.7 Å². The molecule has 0 spiro atoms. The van der Waals surface area contributed by atoms with E-state index in [1.807, 2.05) is 0 Å². The van der Waals surface area contributed by atoms with Crippen LogP contribution in [0.3, 0.4) is 0 Å². The Labute approximate surface area is 338 Å². The molecule has 4 aliphatic rings. The number of rotatable bonds is 16. The lowest BCUT2D eigenvalue weighted by molar-refractivity contribution is -0.377. The smallest absolute Gasteiger partial charge is 0.387 e. The lowest BCUT2D eigenvalue weighted by atomic mass is 9.86. The van der Waals surface area contributed by atoms with Gasteiger partial charge in [0.05, 0.1) is 17.1 Å². The van der Waals surface area contributed by atoms with Crippen molar-refractivity contribution in [3.8, 4) is 11.5 Å². The van der Waals surface area contributed by atoms with Gasteiger partial charge in [-0.05, 0) is 98.1 Å². The first-order valence-corrected chi connectivity index (χ1v) is 20.5. The fourth-order valence-corrected chi connectivity index (χ4v) is 8.66. The molecule has 17 heteroatoms. The number of aromatic nitrogens is 1. The Morgan fingerprint density at radius 1 is 0.895 bits per heavy atom. The van der Waals surface area contributed by atoms with E-state index in [4.69, 9.17) is 42.1 Å². The number of alkyl halides is 2. The molecule has 4 fully saturated rings. The number of carbonyl (C=O) groups excluding carboxylic acids is 2. The zero-order valence-electron chi connectivity index (χ0n) is 30.5. The van der Waals surface area contributed by atoms with Crippen molar-refractivity contribution in [3.05, 3.63) is 117 Å². The highest BCUT2D eigenvalue weighted by Gasteiger charge is 2.39. The van der Waals surface area contributed by atoms with E-state index in [2.05, 4.69) is 14.6 Å². The van der Waals surface area contributed by atoms with Crippen molar-refractivity contribution in [2.45, 2.75) is 61.9 Å². The monoisotopic (exact) mass is 847 g/mol. The maximum atomic E-state index is 13.7. The van der Waals surface area contributed by atoms with Crippen LogP contribution < -0.4 is 19.2 Å². The van der Waals surface area contributed by atoms with Gasteiger partial charge in [0.25, 0.3) is 0 Å². The topological polar surface area (TPSA) is 165 Å². The summed E-state index contributed by atoms with van der Waals surface area (Å²) < 4.78 is 79.0. The summed E-state index contributed by atoms with van der Waals surface area (Å²) in [6.45, 7) is -0.271. The number of carbonyl (C=O) groups is 2. The van der Waals surface area contributed by atoms with Crippen molar-refractivity contribution in [3.63, 3.8) is 0 Å². The number of nitrogens with one attached hydrogen (secondary N) is 2. The van der Waals surface area contributed by atoms with E-state index in [1.165, 1.54) is 54.9 Å². The molecule has 3 aliphatic heterocycles. The Morgan fingerprint density at radius 2 is 1.58 bits per heavy atom. The number of nitrogens with zero attached hydrogens (tertiary/aromatic N) is 1. The van der Waals surface area contributed by atoms with Gasteiger partial charge in [-0.25, -0.2) is 23.0 Å². The largest absolute Gasteiger partial charge is 0.870 e. The third-order valence-corrected chi connectivity index (χ3v) is 12.4. The van der Waals surface area contributed by atoms with E-state index >= 15 is 0 Å². The molecule has 2 bridgehead atoms. The molecule has 1 saturated carbocycles. The summed E-state index contributed by atoms with van der Waals surface area (Å²) in [5, 5.41) is 0.537. The summed E-state index contributed by atoms with van der Waals surface area (Å²) in [7, 11) is -4.31. The predicted molar refractivity (Wildman–Crippen MR) is 203 cm³/mol. The first-order chi connectivity index (χ1) is 26.9. The highest BCUT2D eigenvalue weighted by atomic mass is 35.5. The Bertz CT molecular complexity index is 2120. The van der Waals surface area contributed by atoms with Crippen LogP contribution >= 0.6 is 23.2 Å². The van der Waals surface area contributed by atoms with Gasteiger partial charge in [0.15, 0.2) is 23.9 Å². The number of pyridine rings is 1. The second-order valence-corrected chi connectivity index (χ2v) is 16.7. The van der Waals surface area contributed by atoms with Crippen molar-refractivity contribution >= 4 is 45.2 Å². The van der Waals surface area contributed by atoms with Crippen LogP contribution in [0.1, 0.15) is 64.9 Å². The normalized spacial score (nSPS) is 19.9. The molecule has 3 aromatic carbocycles. The summed E-state index contributed by atoms with van der Waals surface area (Å²) >= 11 is 12.9. The van der Waals surface area contributed by atoms with E-state index in [-0.39, 0.29) is 55.9 Å². The number of fused-ring (bicyclic) bond motifs is 3. The van der Waals surface area contributed by atoms with Crippen molar-refractivity contribution in [2.24, 2.45) is 11.8 Å². The Kier molecular flexibility index (Phi) is 13.7. The van der Waals surface area contributed by atoms with Crippen molar-refractivity contribution in [1.82, 2.24) is 9.62 Å². The van der Waals surface area contributed by atoms with Gasteiger partial charge in [0.2, 0.25) is 10.0 Å². The van der Waals surface area contributed by atoms with Gasteiger partial charge in [-0.1, -0.05) is 59.6 Å². The molecule has 0 amide bonds. The van der Waals surface area contributed by atoms with E-state index in [0.717, 1.165) is 38.8 Å². The molecule has 1 unspecified atom stereocenters. The molecule has 3 atom stereocenters. The molecule has 3 saturated heterocycles. The van der Waals surface area contributed by atoms with Crippen LogP contribution in [-0.2, 0) is 30.7 Å². The summed E-state index contributed by atoms with van der Waals surface area (Å²) in [4.78, 5) is 32.1. The average molecular weight is 849 g/mol. The van der Waals surface area contributed by atoms with Crippen molar-refractivity contribution < 1.29 is 56.2 Å². The van der Waals surface area contributed by atoms with Gasteiger partial charge in [-0.15, -0.1) is 0 Å². The van der Waals surface area contributed by atoms with Crippen LogP contribution in [0.25, 0.3) is 0 Å². The van der Waals surface area contributed by atoms with E-state index in [0.29, 0.717) is 35.8 Å². The molecule has 12 nitrogen and oxygen atoms in total. The lowest BCUT2D eigenvalue weighted by Gasteiger charge is -2.44. The van der Waals surface area contributed by atoms with Gasteiger partial charge in [0, 0.05) is 18.5 Å². The van der Waals surface area contributed by atoms with Crippen LogP contribution in [0, 0.1) is 11.8 Å². The maximum Gasteiger partial charge on any atom is 0.387 e. The van der Waals surface area contributed by atoms with Crippen LogP contribution in [0.4, 0.5) is 8.78 Å². The second kappa shape index (κ2) is 18.5. The molecule has 4 aromatic rings. The Morgan fingerprint density at radius 3 is 2.19 bits per heavy atom. The molecule has 1 aliphatic carbocycles. The maximum absolute atomic E-state index is 13.7. The number of aromatic amines is 1. The third-order valence-electron chi connectivity index (χ3n) is 10.3. The standard InChI is InChI=1S/C40H39Cl2F2N3O8S.H2O/c41-31-20-45-21-32(42)30(31)19-34(28-10-13-33(55-40(43)44)35(18-28)52-23-24-6-7-24)53-38(48)27-8-11-29(12-9-27)56(50,51)46-37(26-4-2-1-3-5-26)39(49)54-36-22-47-16-14-25(36)15-17-47;/h1-5,8-13,18,20-21,24-25,34,36-37,40,46H,6-7,14-17,19,22-23H2;1H2/t34-,36-,37?;/m0./s1. The number of hydrogen-bond acceptors (Lipinski definition) is 10. The first-order valence-electron chi connectivity index (χ1n) is 18.3. The first kappa shape index (κ1) is 42.2. The summed E-state index contributed by atoms with van der Waals surface area (Å²) in [6, 6.07) is 16.5. The molecular weight excluding hydrogens is 807 g/mol. The van der Waals surface area contributed by atoms with E-state index in [9.17, 15) is 26.8 Å². The fourth-order valence-electron chi connectivity index (χ4n) is 6.96. The van der Waals surface area contributed by atoms with Gasteiger partial charge < -0.3 is 24.4 Å². The highest BCUT2D eigenvalue weighted by molar-refractivity contribution is 7.89. The number of H-pyrrole nitrogens is 1. The SMILES string of the molecule is O=C(O[C@@H](Cc1c(Cl)c[nH+]cc1Cl)c1ccc(OC(F)F)c(OCC2CC2)c1)c1ccc(S(=O)(=O)NC(C(=O)O[C@H]2CN3CCC2CC3)c2ccccc2)cc1.[OH-]. The van der Waals surface area contributed by atoms with E-state index in [1.54, 1.807) is 30.3 Å². The number of halogens is 4. The lowest BCUT2D eigenvalue weighted by Crippen LogP contribution is -2.52. The summed E-state index contributed by atoms with van der Waals surface area (Å²) in [5.74, 6) is -1.11. The molecule has 1 aromatic heterocycles. The molecule has 4 heterocycles. The molecular formula is C40H41Cl2F2N3O9S. The zero-order chi connectivity index (χ0) is 39.4. The van der Waals surface area contributed by atoms with Crippen LogP contribution in [0.15, 0.2) is 90.1 Å². The Hall–Kier alpha value is -4.38. The minimum absolute atomic E-state index is 0. The summed E-state index contributed by atoms with van der Waals surface area (Å²) in [5.41, 5.74) is 1.26. The zero-order valence-corrected chi connectivity index (χ0v) is 32.8. The number of benzene rings is 3. The minimum Gasteiger partial charge on any atom is -0.870 e. The van der Waals surface area contributed by atoms with Crippen molar-refractivity contribution in [2.75, 3.05) is 26.2 Å². The van der Waals surface area contributed by atoms with Gasteiger partial charge in [-0.3, -0.25) is 4.90 Å². The van der Waals surface area contributed by atoms with Gasteiger partial charge in [0.1, 0.15) is 28.3 Å². The quantitative estimate of drug-likeness (QED) is 0.118. The van der Waals surface area contributed by atoms with Crippen LogP contribution in [0.5, 0.6) is 11.5 Å². The predicted octanol–water partition coefficient (Wildman–Crippen LogP) is 6.82. The average Bonchev–Trinajstić information content (AvgIpc) is 4.03. The number of esters is 2. The minimum atomic E-state index is -4.31. The van der Waals surface area contributed by atoms with Gasteiger partial charge in [-0.2, -0.15) is 13.5 Å².